The number of carbonyl (C=O) groups excluding carboxylic acids is 2. The van der Waals surface area contributed by atoms with Gasteiger partial charge in [0.15, 0.2) is 6.61 Å². The number of nitrogen functional groups attached to an aromatic ring is 1. The molecule has 0 bridgehead atoms. The molecule has 6 heteroatoms. The van der Waals surface area contributed by atoms with Gasteiger partial charge in [-0.2, -0.15) is 0 Å². The van der Waals surface area contributed by atoms with E-state index in [2.05, 4.69) is 0 Å². The zero-order chi connectivity index (χ0) is 14.0. The fourth-order valence-corrected chi connectivity index (χ4v) is 1.88. The van der Waals surface area contributed by atoms with E-state index >= 15 is 0 Å². The molecule has 0 spiro atoms. The van der Waals surface area contributed by atoms with Crippen LogP contribution in [-0.2, 0) is 9.53 Å². The van der Waals surface area contributed by atoms with Gasteiger partial charge in [0.05, 0.1) is 16.3 Å². The van der Waals surface area contributed by atoms with Gasteiger partial charge in [-0.1, -0.05) is 17.7 Å². The molecule has 0 heterocycles. The average molecular weight is 283 g/mol. The lowest BCUT2D eigenvalue weighted by Crippen LogP contribution is -2.32. The maximum absolute atomic E-state index is 11.8. The third-order valence-electron chi connectivity index (χ3n) is 3.06. The van der Waals surface area contributed by atoms with Gasteiger partial charge in [-0.15, -0.1) is 0 Å². The number of carbonyl (C=O) groups is 2. The van der Waals surface area contributed by atoms with E-state index in [1.807, 2.05) is 0 Å². The summed E-state index contributed by atoms with van der Waals surface area (Å²) in [5.74, 6) is -0.856. The summed E-state index contributed by atoms with van der Waals surface area (Å²) in [7, 11) is 1.71. The molecule has 102 valence electrons. The molecule has 1 aliphatic rings. The summed E-state index contributed by atoms with van der Waals surface area (Å²) in [6.07, 6.45) is 2.02. The van der Waals surface area contributed by atoms with Crippen LogP contribution in [0.15, 0.2) is 18.2 Å². The van der Waals surface area contributed by atoms with E-state index in [4.69, 9.17) is 22.1 Å². The number of ether oxygens (including phenoxy) is 1. The topological polar surface area (TPSA) is 72.6 Å². The Bertz CT molecular complexity index is 515. The van der Waals surface area contributed by atoms with Gasteiger partial charge < -0.3 is 15.4 Å². The van der Waals surface area contributed by atoms with E-state index in [0.29, 0.717) is 11.7 Å². The molecule has 0 aliphatic heterocycles. The highest BCUT2D eigenvalue weighted by Crippen LogP contribution is 2.26. The number of nitrogens with two attached hydrogens (primary N) is 1. The van der Waals surface area contributed by atoms with Crippen molar-refractivity contribution in [1.82, 2.24) is 4.90 Å². The van der Waals surface area contributed by atoms with Crippen LogP contribution >= 0.6 is 11.6 Å². The average Bonchev–Trinajstić information content (AvgIpc) is 3.22. The lowest BCUT2D eigenvalue weighted by Gasteiger charge is -2.16. The molecule has 0 aromatic heterocycles. The van der Waals surface area contributed by atoms with Crippen LogP contribution in [0.4, 0.5) is 5.69 Å². The third-order valence-corrected chi connectivity index (χ3v) is 3.49. The monoisotopic (exact) mass is 282 g/mol. The van der Waals surface area contributed by atoms with Crippen LogP contribution in [0, 0.1) is 0 Å². The molecule has 1 aliphatic carbocycles. The van der Waals surface area contributed by atoms with Crippen LogP contribution in [0.3, 0.4) is 0 Å². The summed E-state index contributed by atoms with van der Waals surface area (Å²) in [5.41, 5.74) is 6.07. The predicted octanol–water partition coefficient (Wildman–Crippen LogP) is 1.70. The number of nitrogens with zero attached hydrogens (tertiary/aromatic N) is 1. The Balaban J connectivity index is 1.94. The van der Waals surface area contributed by atoms with Crippen LogP contribution in [0.2, 0.25) is 5.02 Å². The van der Waals surface area contributed by atoms with E-state index in [1.165, 1.54) is 6.07 Å². The Kier molecular flexibility index (Phi) is 3.95. The van der Waals surface area contributed by atoms with Gasteiger partial charge >= 0.3 is 5.97 Å². The predicted molar refractivity (Wildman–Crippen MR) is 71.9 cm³/mol. The standard InChI is InChI=1S/C13H15ClN2O3/c1-16(8-5-6-8)11(17)7-19-13(18)9-3-2-4-10(15)12(9)14/h2-4,8H,5-7,15H2,1H3. The van der Waals surface area contributed by atoms with Crippen molar-refractivity contribution in [1.29, 1.82) is 0 Å². The highest BCUT2D eigenvalue weighted by molar-refractivity contribution is 6.36. The van der Waals surface area contributed by atoms with Crippen molar-refractivity contribution >= 4 is 29.2 Å². The zero-order valence-electron chi connectivity index (χ0n) is 10.6. The molecule has 0 unspecified atom stereocenters. The second-order valence-corrected chi connectivity index (χ2v) is 4.90. The quantitative estimate of drug-likeness (QED) is 0.674. The summed E-state index contributed by atoms with van der Waals surface area (Å²) < 4.78 is 4.95. The number of rotatable bonds is 4. The number of hydrogen-bond acceptors (Lipinski definition) is 4. The number of esters is 1. The van der Waals surface area contributed by atoms with Gasteiger partial charge in [-0.05, 0) is 25.0 Å². The summed E-state index contributed by atoms with van der Waals surface area (Å²) in [6, 6.07) is 5.00. The number of likely N-dealkylation sites (N-methyl/N-ethyl adjacent to an activating group) is 1. The Hall–Kier alpha value is -1.75. The molecular formula is C13H15ClN2O3. The van der Waals surface area contributed by atoms with Gasteiger partial charge in [0.2, 0.25) is 0 Å². The van der Waals surface area contributed by atoms with Crippen LogP contribution in [0.1, 0.15) is 23.2 Å². The summed E-state index contributed by atoms with van der Waals surface area (Å²) in [4.78, 5) is 25.1. The number of amides is 1. The maximum Gasteiger partial charge on any atom is 0.340 e. The van der Waals surface area contributed by atoms with Crippen molar-refractivity contribution in [2.24, 2.45) is 0 Å². The Labute approximate surface area is 116 Å². The van der Waals surface area contributed by atoms with Crippen LogP contribution in [0.25, 0.3) is 0 Å². The van der Waals surface area contributed by atoms with Crippen molar-refractivity contribution in [3.05, 3.63) is 28.8 Å². The highest BCUT2D eigenvalue weighted by Gasteiger charge is 2.30. The second kappa shape index (κ2) is 5.48. The number of anilines is 1. The van der Waals surface area contributed by atoms with Crippen molar-refractivity contribution in [2.75, 3.05) is 19.4 Å². The Morgan fingerprint density at radius 2 is 2.16 bits per heavy atom. The number of benzene rings is 1. The lowest BCUT2D eigenvalue weighted by atomic mass is 10.2. The molecular weight excluding hydrogens is 268 g/mol. The minimum atomic E-state index is -0.644. The smallest absolute Gasteiger partial charge is 0.340 e. The molecule has 0 saturated heterocycles. The Morgan fingerprint density at radius 1 is 1.47 bits per heavy atom. The van der Waals surface area contributed by atoms with Gasteiger partial charge in [0, 0.05) is 13.1 Å². The van der Waals surface area contributed by atoms with E-state index in [1.54, 1.807) is 24.1 Å². The zero-order valence-corrected chi connectivity index (χ0v) is 11.3. The van der Waals surface area contributed by atoms with E-state index in [-0.39, 0.29) is 23.1 Å². The highest BCUT2D eigenvalue weighted by atomic mass is 35.5. The fourth-order valence-electron chi connectivity index (χ4n) is 1.68. The molecule has 1 fully saturated rings. The van der Waals surface area contributed by atoms with Gasteiger partial charge in [-0.3, -0.25) is 4.79 Å². The molecule has 0 radical (unpaired) electrons. The van der Waals surface area contributed by atoms with Crippen molar-refractivity contribution in [3.63, 3.8) is 0 Å². The summed E-state index contributed by atoms with van der Waals surface area (Å²) in [6.45, 7) is -0.281. The normalized spacial score (nSPS) is 14.0. The molecule has 2 N–H and O–H groups in total. The third kappa shape index (κ3) is 3.17. The first-order valence-electron chi connectivity index (χ1n) is 5.97. The van der Waals surface area contributed by atoms with Gasteiger partial charge in [0.25, 0.3) is 5.91 Å². The van der Waals surface area contributed by atoms with Crippen LogP contribution in [-0.4, -0.2) is 36.5 Å². The molecule has 1 amide bonds. The number of hydrogen-bond donors (Lipinski definition) is 1. The van der Waals surface area contributed by atoms with E-state index in [0.717, 1.165) is 12.8 Å². The fraction of sp³-hybridized carbons (Fsp3) is 0.385. The first-order valence-corrected chi connectivity index (χ1v) is 6.35. The lowest BCUT2D eigenvalue weighted by molar-refractivity contribution is -0.133. The van der Waals surface area contributed by atoms with E-state index in [9.17, 15) is 9.59 Å². The SMILES string of the molecule is CN(C(=O)COC(=O)c1cccc(N)c1Cl)C1CC1. The van der Waals surface area contributed by atoms with Crippen molar-refractivity contribution in [2.45, 2.75) is 18.9 Å². The first-order chi connectivity index (χ1) is 9.00. The summed E-state index contributed by atoms with van der Waals surface area (Å²) in [5, 5.41) is 0.149. The molecule has 0 atom stereocenters. The molecule has 1 aromatic rings. The summed E-state index contributed by atoms with van der Waals surface area (Å²) >= 11 is 5.91. The first kappa shape index (κ1) is 13.7. The van der Waals surface area contributed by atoms with Crippen LogP contribution < -0.4 is 5.73 Å². The second-order valence-electron chi connectivity index (χ2n) is 4.52. The Morgan fingerprint density at radius 3 is 2.79 bits per heavy atom. The molecule has 2 rings (SSSR count). The van der Waals surface area contributed by atoms with Gasteiger partial charge in [-0.25, -0.2) is 4.79 Å². The molecule has 5 nitrogen and oxygen atoms in total. The maximum atomic E-state index is 11.8. The molecule has 1 saturated carbocycles. The van der Waals surface area contributed by atoms with Crippen molar-refractivity contribution in [3.8, 4) is 0 Å². The van der Waals surface area contributed by atoms with Crippen molar-refractivity contribution < 1.29 is 14.3 Å². The minimum Gasteiger partial charge on any atom is -0.452 e. The minimum absolute atomic E-state index is 0.149. The van der Waals surface area contributed by atoms with E-state index < -0.39 is 5.97 Å². The van der Waals surface area contributed by atoms with Gasteiger partial charge in [0.1, 0.15) is 0 Å². The van der Waals surface area contributed by atoms with Crippen LogP contribution in [0.5, 0.6) is 0 Å². The largest absolute Gasteiger partial charge is 0.452 e. The molecule has 1 aromatic carbocycles. The number of halogens is 1. The molecule has 19 heavy (non-hydrogen) atoms.